The zero-order valence-electron chi connectivity index (χ0n) is 15.6. The molecule has 2 aliphatic heterocycles. The van der Waals surface area contributed by atoms with E-state index in [0.717, 1.165) is 23.7 Å². The van der Waals surface area contributed by atoms with E-state index in [-0.39, 0.29) is 29.6 Å². The van der Waals surface area contributed by atoms with E-state index in [9.17, 15) is 14.4 Å². The van der Waals surface area contributed by atoms with Crippen molar-refractivity contribution in [2.45, 2.75) is 38.6 Å². The highest BCUT2D eigenvalue weighted by Gasteiger charge is 2.50. The molecule has 0 radical (unpaired) electrons. The van der Waals surface area contributed by atoms with Crippen LogP contribution in [0.4, 0.5) is 11.4 Å². The average Bonchev–Trinajstić information content (AvgIpc) is 3.30. The molecule has 0 bridgehead atoms. The summed E-state index contributed by atoms with van der Waals surface area (Å²) in [7, 11) is 0. The molecule has 3 atom stereocenters. The molecular formula is C21H25N3O3. The lowest BCUT2D eigenvalue weighted by Gasteiger charge is -2.23. The summed E-state index contributed by atoms with van der Waals surface area (Å²) in [6.07, 6.45) is 7.48. The standard InChI is InChI=1S/C21H25N3O3/c1-14(24-20(26)17-6-2-3-7-18(17)21(24)27)19(25)22-15-8-10-16(11-9-15)23-12-4-5-13-23/h2-3,8-11,14,17-18H,4-7,12-13H2,1H3,(H,22,25)/t14-,17-,18-/m1/s1. The van der Waals surface area contributed by atoms with Crippen molar-refractivity contribution in [3.63, 3.8) is 0 Å². The predicted octanol–water partition coefficient (Wildman–Crippen LogP) is 2.57. The molecule has 27 heavy (non-hydrogen) atoms. The molecule has 0 unspecified atom stereocenters. The number of anilines is 2. The third-order valence-electron chi connectivity index (χ3n) is 5.91. The summed E-state index contributed by atoms with van der Waals surface area (Å²) in [6, 6.07) is 6.93. The average molecular weight is 367 g/mol. The predicted molar refractivity (Wildman–Crippen MR) is 103 cm³/mol. The van der Waals surface area contributed by atoms with Crippen LogP contribution in [0.2, 0.25) is 0 Å². The highest BCUT2D eigenvalue weighted by Crippen LogP contribution is 2.36. The number of hydrogen-bond donors (Lipinski definition) is 1. The van der Waals surface area contributed by atoms with E-state index in [1.807, 2.05) is 36.4 Å². The number of benzene rings is 1. The van der Waals surface area contributed by atoms with E-state index in [1.54, 1.807) is 6.92 Å². The number of imide groups is 1. The van der Waals surface area contributed by atoms with Gasteiger partial charge in [-0.25, -0.2) is 0 Å². The molecule has 0 saturated carbocycles. The van der Waals surface area contributed by atoms with Gasteiger partial charge in [-0.3, -0.25) is 19.3 Å². The normalized spacial score (nSPS) is 25.7. The van der Waals surface area contributed by atoms with Gasteiger partial charge in [0.15, 0.2) is 0 Å². The number of nitrogens with one attached hydrogen (secondary N) is 1. The van der Waals surface area contributed by atoms with E-state index in [0.29, 0.717) is 18.5 Å². The maximum Gasteiger partial charge on any atom is 0.247 e. The Labute approximate surface area is 159 Å². The minimum Gasteiger partial charge on any atom is -0.372 e. The van der Waals surface area contributed by atoms with Crippen molar-refractivity contribution in [3.05, 3.63) is 36.4 Å². The molecule has 0 aromatic heterocycles. The first-order valence-electron chi connectivity index (χ1n) is 9.74. The quantitative estimate of drug-likeness (QED) is 0.656. The van der Waals surface area contributed by atoms with Crippen molar-refractivity contribution >= 4 is 29.1 Å². The minimum absolute atomic E-state index is 0.221. The van der Waals surface area contributed by atoms with Crippen molar-refractivity contribution in [1.29, 1.82) is 0 Å². The van der Waals surface area contributed by atoms with Crippen LogP contribution in [0, 0.1) is 11.8 Å². The fourth-order valence-corrected chi connectivity index (χ4v) is 4.30. The van der Waals surface area contributed by atoms with Crippen molar-refractivity contribution in [3.8, 4) is 0 Å². The Hall–Kier alpha value is -2.63. The lowest BCUT2D eigenvalue weighted by Crippen LogP contribution is -2.46. The number of nitrogens with zero attached hydrogens (tertiary/aromatic N) is 2. The molecule has 2 heterocycles. The van der Waals surface area contributed by atoms with Crippen LogP contribution in [0.5, 0.6) is 0 Å². The van der Waals surface area contributed by atoms with Crippen LogP contribution in [0.15, 0.2) is 36.4 Å². The SMILES string of the molecule is C[C@H](C(=O)Nc1ccc(N2CCCC2)cc1)N1C(=O)[C@@H]2CC=CC[C@H]2C1=O. The van der Waals surface area contributed by atoms with Crippen LogP contribution in [-0.2, 0) is 14.4 Å². The molecule has 6 heteroatoms. The maximum absolute atomic E-state index is 12.7. The Balaban J connectivity index is 1.42. The molecule has 1 N–H and O–H groups in total. The summed E-state index contributed by atoms with van der Waals surface area (Å²) in [4.78, 5) is 41.4. The Morgan fingerprint density at radius 3 is 2.11 bits per heavy atom. The number of hydrogen-bond acceptors (Lipinski definition) is 4. The summed E-state index contributed by atoms with van der Waals surface area (Å²) >= 11 is 0. The molecule has 1 aromatic rings. The number of carbonyl (C=O) groups is 3. The molecule has 1 aliphatic carbocycles. The Kier molecular flexibility index (Phi) is 4.72. The summed E-state index contributed by atoms with van der Waals surface area (Å²) in [6.45, 7) is 3.76. The lowest BCUT2D eigenvalue weighted by atomic mass is 9.85. The van der Waals surface area contributed by atoms with E-state index in [4.69, 9.17) is 0 Å². The van der Waals surface area contributed by atoms with Gasteiger partial charge in [0, 0.05) is 24.5 Å². The van der Waals surface area contributed by atoms with Crippen LogP contribution < -0.4 is 10.2 Å². The van der Waals surface area contributed by atoms with Crippen molar-refractivity contribution in [2.75, 3.05) is 23.3 Å². The monoisotopic (exact) mass is 367 g/mol. The minimum atomic E-state index is -0.811. The number of fused-ring (bicyclic) bond motifs is 1. The smallest absolute Gasteiger partial charge is 0.247 e. The first-order chi connectivity index (χ1) is 13.1. The van der Waals surface area contributed by atoms with Gasteiger partial charge in [-0.15, -0.1) is 0 Å². The molecule has 4 rings (SSSR count). The fraction of sp³-hybridized carbons (Fsp3) is 0.476. The number of likely N-dealkylation sites (tertiary alicyclic amines) is 1. The Morgan fingerprint density at radius 1 is 1.00 bits per heavy atom. The molecule has 3 aliphatic rings. The molecule has 3 amide bonds. The topological polar surface area (TPSA) is 69.7 Å². The molecule has 2 fully saturated rings. The van der Waals surface area contributed by atoms with Crippen LogP contribution >= 0.6 is 0 Å². The number of carbonyl (C=O) groups excluding carboxylic acids is 3. The van der Waals surface area contributed by atoms with Crippen LogP contribution in [-0.4, -0.2) is 41.8 Å². The fourth-order valence-electron chi connectivity index (χ4n) is 4.30. The van der Waals surface area contributed by atoms with Gasteiger partial charge in [-0.1, -0.05) is 12.2 Å². The summed E-state index contributed by atoms with van der Waals surface area (Å²) < 4.78 is 0. The largest absolute Gasteiger partial charge is 0.372 e. The lowest BCUT2D eigenvalue weighted by molar-refractivity contribution is -0.146. The molecule has 0 spiro atoms. The molecule has 6 nitrogen and oxygen atoms in total. The zero-order valence-corrected chi connectivity index (χ0v) is 15.6. The Morgan fingerprint density at radius 2 is 1.56 bits per heavy atom. The zero-order chi connectivity index (χ0) is 19.0. The van der Waals surface area contributed by atoms with Crippen molar-refractivity contribution < 1.29 is 14.4 Å². The van der Waals surface area contributed by atoms with Gasteiger partial charge in [-0.2, -0.15) is 0 Å². The van der Waals surface area contributed by atoms with Crippen LogP contribution in [0.1, 0.15) is 32.6 Å². The van der Waals surface area contributed by atoms with Gasteiger partial charge in [0.2, 0.25) is 17.7 Å². The second-order valence-corrected chi connectivity index (χ2v) is 7.61. The third kappa shape index (κ3) is 3.24. The summed E-state index contributed by atoms with van der Waals surface area (Å²) in [5, 5.41) is 2.84. The van der Waals surface area contributed by atoms with Gasteiger partial charge < -0.3 is 10.2 Å². The summed E-state index contributed by atoms with van der Waals surface area (Å²) in [5.74, 6) is -1.39. The second-order valence-electron chi connectivity index (χ2n) is 7.61. The van der Waals surface area contributed by atoms with Crippen LogP contribution in [0.25, 0.3) is 0 Å². The van der Waals surface area contributed by atoms with Crippen molar-refractivity contribution in [1.82, 2.24) is 4.90 Å². The number of amides is 3. The molecule has 2 saturated heterocycles. The van der Waals surface area contributed by atoms with E-state index in [2.05, 4.69) is 10.2 Å². The molecule has 142 valence electrons. The van der Waals surface area contributed by atoms with E-state index >= 15 is 0 Å². The van der Waals surface area contributed by atoms with Gasteiger partial charge in [0.05, 0.1) is 11.8 Å². The highest BCUT2D eigenvalue weighted by atomic mass is 16.2. The van der Waals surface area contributed by atoms with Crippen LogP contribution in [0.3, 0.4) is 0 Å². The van der Waals surface area contributed by atoms with Gasteiger partial charge in [-0.05, 0) is 56.9 Å². The number of rotatable bonds is 4. The van der Waals surface area contributed by atoms with Gasteiger partial charge >= 0.3 is 0 Å². The maximum atomic E-state index is 12.7. The number of allylic oxidation sites excluding steroid dienone is 2. The van der Waals surface area contributed by atoms with Gasteiger partial charge in [0.25, 0.3) is 0 Å². The third-order valence-corrected chi connectivity index (χ3v) is 5.91. The highest BCUT2D eigenvalue weighted by molar-refractivity contribution is 6.10. The van der Waals surface area contributed by atoms with E-state index in [1.165, 1.54) is 12.8 Å². The Bertz CT molecular complexity index is 754. The first kappa shape index (κ1) is 17.8. The first-order valence-corrected chi connectivity index (χ1v) is 9.74. The molecule has 1 aromatic carbocycles. The summed E-state index contributed by atoms with van der Waals surface area (Å²) in [5.41, 5.74) is 1.83. The van der Waals surface area contributed by atoms with E-state index < -0.39 is 6.04 Å². The molecular weight excluding hydrogens is 342 g/mol. The second kappa shape index (κ2) is 7.18. The van der Waals surface area contributed by atoms with Gasteiger partial charge in [0.1, 0.15) is 6.04 Å². The van der Waals surface area contributed by atoms with Crippen molar-refractivity contribution in [2.24, 2.45) is 11.8 Å².